The Morgan fingerprint density at radius 1 is 1.13 bits per heavy atom. The van der Waals surface area contributed by atoms with Crippen LogP contribution in [0.1, 0.15) is 22.8 Å². The molecule has 0 atom stereocenters. The highest BCUT2D eigenvalue weighted by atomic mass is 16.6. The third kappa shape index (κ3) is 4.89. The summed E-state index contributed by atoms with van der Waals surface area (Å²) in [6.07, 6.45) is 3.47. The van der Waals surface area contributed by atoms with Crippen molar-refractivity contribution in [3.05, 3.63) is 81.4 Å². The molecule has 23 heavy (non-hydrogen) atoms. The monoisotopic (exact) mass is 309 g/mol. The quantitative estimate of drug-likeness (QED) is 0.522. The zero-order chi connectivity index (χ0) is 16.7. The Kier molecular flexibility index (Phi) is 5.35. The lowest BCUT2D eigenvalue weighted by Crippen LogP contribution is -2.17. The van der Waals surface area contributed by atoms with Crippen LogP contribution >= 0.6 is 0 Å². The summed E-state index contributed by atoms with van der Waals surface area (Å²) in [5, 5.41) is 14.4. The van der Waals surface area contributed by atoms with Crippen molar-refractivity contribution in [1.29, 1.82) is 0 Å². The van der Waals surface area contributed by atoms with Crippen molar-refractivity contribution in [2.75, 3.05) is 0 Å². The molecule has 0 spiro atoms. The molecule has 0 saturated heterocycles. The van der Waals surface area contributed by atoms with E-state index in [-0.39, 0.29) is 5.69 Å². The van der Waals surface area contributed by atoms with Gasteiger partial charge < -0.3 is 0 Å². The second-order valence-corrected chi connectivity index (χ2v) is 4.80. The lowest BCUT2D eigenvalue weighted by Gasteiger charge is -1.99. The summed E-state index contributed by atoms with van der Waals surface area (Å²) in [5.74, 6) is -0.427. The number of nitrogens with zero attached hydrogens (tertiary/aromatic N) is 2. The lowest BCUT2D eigenvalue weighted by atomic mass is 10.1. The average Bonchev–Trinajstić information content (AvgIpc) is 2.55. The van der Waals surface area contributed by atoms with Gasteiger partial charge in [-0.15, -0.1) is 0 Å². The molecule has 6 heteroatoms. The maximum Gasteiger partial charge on any atom is 0.271 e. The van der Waals surface area contributed by atoms with Gasteiger partial charge in [-0.2, -0.15) is 5.10 Å². The van der Waals surface area contributed by atoms with Gasteiger partial charge in [0.05, 0.1) is 11.1 Å². The van der Waals surface area contributed by atoms with E-state index in [1.54, 1.807) is 0 Å². The molecule has 0 unspecified atom stereocenters. The fourth-order valence-corrected chi connectivity index (χ4v) is 1.84. The van der Waals surface area contributed by atoms with Gasteiger partial charge in [0, 0.05) is 17.7 Å². The number of nitro groups is 1. The zero-order valence-corrected chi connectivity index (χ0v) is 12.5. The number of carbonyl (C=O) groups excluding carboxylic acids is 1. The minimum absolute atomic E-state index is 0.0632. The van der Waals surface area contributed by atoms with Gasteiger partial charge >= 0.3 is 0 Å². The van der Waals surface area contributed by atoms with E-state index in [9.17, 15) is 14.9 Å². The highest BCUT2D eigenvalue weighted by Gasteiger charge is 2.08. The largest absolute Gasteiger partial charge is 0.271 e. The number of amides is 1. The molecular weight excluding hydrogens is 294 g/mol. The van der Waals surface area contributed by atoms with Gasteiger partial charge in [0.2, 0.25) is 0 Å². The van der Waals surface area contributed by atoms with Crippen molar-refractivity contribution in [2.24, 2.45) is 5.10 Å². The van der Waals surface area contributed by atoms with Crippen LogP contribution in [-0.2, 0) is 0 Å². The van der Waals surface area contributed by atoms with Crippen LogP contribution in [0.4, 0.5) is 5.69 Å². The number of hydrazone groups is 1. The second kappa shape index (κ2) is 7.65. The highest BCUT2D eigenvalue weighted by molar-refractivity contribution is 5.95. The van der Waals surface area contributed by atoms with Gasteiger partial charge in [0.15, 0.2) is 0 Å². The molecule has 0 aromatic heterocycles. The maximum atomic E-state index is 11.9. The van der Waals surface area contributed by atoms with Crippen molar-refractivity contribution in [3.63, 3.8) is 0 Å². The summed E-state index contributed by atoms with van der Waals surface area (Å²) in [6.45, 7) is 1.87. The molecule has 2 aromatic carbocycles. The number of allylic oxidation sites excluding steroid dienone is 1. The van der Waals surface area contributed by atoms with E-state index >= 15 is 0 Å². The number of nitro benzene ring substituents is 1. The van der Waals surface area contributed by atoms with E-state index in [0.29, 0.717) is 5.56 Å². The summed E-state index contributed by atoms with van der Waals surface area (Å²) >= 11 is 0. The van der Waals surface area contributed by atoms with Crippen LogP contribution in [0.5, 0.6) is 0 Å². The Morgan fingerprint density at radius 2 is 1.78 bits per heavy atom. The molecule has 116 valence electrons. The van der Waals surface area contributed by atoms with Crippen molar-refractivity contribution >= 4 is 23.9 Å². The Labute approximate surface area is 133 Å². The smallest absolute Gasteiger partial charge is 0.267 e. The molecular formula is C17H15N3O3. The molecule has 0 radical (unpaired) electrons. The number of carbonyl (C=O) groups is 1. The first-order valence-electron chi connectivity index (χ1n) is 6.87. The topological polar surface area (TPSA) is 84.6 Å². The first-order chi connectivity index (χ1) is 11.1. The summed E-state index contributed by atoms with van der Waals surface area (Å²) in [7, 11) is 0. The third-order valence-electron chi connectivity index (χ3n) is 2.97. The Morgan fingerprint density at radius 3 is 2.39 bits per heavy atom. The number of benzene rings is 2. The molecule has 2 aromatic rings. The molecule has 0 aliphatic heterocycles. The standard InChI is InChI=1S/C17H15N3O3/c1-13(11-14-5-3-2-4-6-14)12-18-19-17(21)15-7-9-16(10-8-15)20(22)23/h2-12H,1H3,(H,19,21)/b13-11-,18-12+. The van der Waals surface area contributed by atoms with Crippen LogP contribution in [0, 0.1) is 10.1 Å². The summed E-state index contributed by atoms with van der Waals surface area (Å²) in [4.78, 5) is 21.9. The minimum atomic E-state index is -0.516. The van der Waals surface area contributed by atoms with Crippen LogP contribution in [0.15, 0.2) is 65.3 Å². The molecule has 0 bridgehead atoms. The Balaban J connectivity index is 1.95. The van der Waals surface area contributed by atoms with E-state index in [1.807, 2.05) is 43.3 Å². The van der Waals surface area contributed by atoms with Crippen LogP contribution < -0.4 is 5.43 Å². The summed E-state index contributed by atoms with van der Waals surface area (Å²) < 4.78 is 0. The van der Waals surface area contributed by atoms with Crippen LogP contribution in [-0.4, -0.2) is 17.0 Å². The fourth-order valence-electron chi connectivity index (χ4n) is 1.84. The van der Waals surface area contributed by atoms with E-state index in [2.05, 4.69) is 10.5 Å². The SMILES string of the molecule is CC(=C/c1ccccc1)/C=N/NC(=O)c1ccc([N+](=O)[O-])cc1. The first kappa shape index (κ1) is 16.1. The molecule has 0 aliphatic carbocycles. The van der Waals surface area contributed by atoms with Crippen LogP contribution in [0.3, 0.4) is 0 Å². The minimum Gasteiger partial charge on any atom is -0.267 e. The van der Waals surface area contributed by atoms with Crippen molar-refractivity contribution in [1.82, 2.24) is 5.43 Å². The molecule has 6 nitrogen and oxygen atoms in total. The second-order valence-electron chi connectivity index (χ2n) is 4.80. The van der Waals surface area contributed by atoms with E-state index < -0.39 is 10.8 Å². The zero-order valence-electron chi connectivity index (χ0n) is 12.5. The van der Waals surface area contributed by atoms with E-state index in [0.717, 1.165) is 11.1 Å². The third-order valence-corrected chi connectivity index (χ3v) is 2.97. The molecule has 0 heterocycles. The molecule has 2 rings (SSSR count). The van der Waals surface area contributed by atoms with Gasteiger partial charge in [0.1, 0.15) is 0 Å². The predicted molar refractivity (Wildman–Crippen MR) is 89.1 cm³/mol. The first-order valence-corrected chi connectivity index (χ1v) is 6.87. The fraction of sp³-hybridized carbons (Fsp3) is 0.0588. The van der Waals surface area contributed by atoms with Crippen molar-refractivity contribution < 1.29 is 9.72 Å². The lowest BCUT2D eigenvalue weighted by molar-refractivity contribution is -0.384. The predicted octanol–water partition coefficient (Wildman–Crippen LogP) is 3.41. The molecule has 1 N–H and O–H groups in total. The summed E-state index contributed by atoms with van der Waals surface area (Å²) in [6, 6.07) is 15.1. The number of hydrogen-bond donors (Lipinski definition) is 1. The number of non-ortho nitro benzene ring substituents is 1. The molecule has 0 fully saturated rings. The van der Waals surface area contributed by atoms with Gasteiger partial charge in [-0.25, -0.2) is 5.43 Å². The van der Waals surface area contributed by atoms with Crippen molar-refractivity contribution in [2.45, 2.75) is 6.92 Å². The van der Waals surface area contributed by atoms with Gasteiger partial charge in [-0.3, -0.25) is 14.9 Å². The number of rotatable bonds is 5. The van der Waals surface area contributed by atoms with Gasteiger partial charge in [-0.05, 0) is 30.2 Å². The van der Waals surface area contributed by atoms with Gasteiger partial charge in [0.25, 0.3) is 11.6 Å². The normalized spacial score (nSPS) is 11.4. The molecule has 1 amide bonds. The van der Waals surface area contributed by atoms with E-state index in [4.69, 9.17) is 0 Å². The number of nitrogens with one attached hydrogen (secondary N) is 1. The van der Waals surface area contributed by atoms with Crippen molar-refractivity contribution in [3.8, 4) is 0 Å². The maximum absolute atomic E-state index is 11.9. The average molecular weight is 309 g/mol. The molecule has 0 aliphatic rings. The highest BCUT2D eigenvalue weighted by Crippen LogP contribution is 2.11. The van der Waals surface area contributed by atoms with E-state index in [1.165, 1.54) is 30.5 Å². The number of hydrogen-bond acceptors (Lipinski definition) is 4. The van der Waals surface area contributed by atoms with Gasteiger partial charge in [-0.1, -0.05) is 36.4 Å². The summed E-state index contributed by atoms with van der Waals surface area (Å²) in [5.41, 5.74) is 4.54. The Hall–Kier alpha value is -3.28. The molecule has 0 saturated carbocycles. The Bertz CT molecular complexity index is 750. The van der Waals surface area contributed by atoms with Crippen LogP contribution in [0.2, 0.25) is 0 Å². The van der Waals surface area contributed by atoms with Crippen LogP contribution in [0.25, 0.3) is 6.08 Å².